The van der Waals surface area contributed by atoms with Gasteiger partial charge in [0.05, 0.1) is 0 Å². The van der Waals surface area contributed by atoms with Crippen LogP contribution in [0.4, 0.5) is 0 Å². The third-order valence-electron chi connectivity index (χ3n) is 3.23. The molecule has 0 amide bonds. The molecule has 1 aromatic carbocycles. The smallest absolute Gasteiger partial charge is 0.136 e. The monoisotopic (exact) mass is 204 g/mol. The first kappa shape index (κ1) is 12.0. The summed E-state index contributed by atoms with van der Waals surface area (Å²) in [6.07, 6.45) is 1.15. The molecule has 0 radical (unpaired) electrons. The zero-order valence-electron chi connectivity index (χ0n) is 10.1. The van der Waals surface area contributed by atoms with E-state index in [0.29, 0.717) is 5.92 Å². The summed E-state index contributed by atoms with van der Waals surface area (Å²) in [5.41, 5.74) is 2.48. The van der Waals surface area contributed by atoms with Crippen LogP contribution in [0, 0.1) is 0 Å². The van der Waals surface area contributed by atoms with Crippen LogP contribution in [0.1, 0.15) is 57.1 Å². The van der Waals surface area contributed by atoms with Crippen LogP contribution < -0.4 is 0 Å². The Morgan fingerprint density at radius 1 is 1.13 bits per heavy atom. The SMILES string of the molecule is CCC(C)c1ccc(C(C)C(C)=O)cc1. The van der Waals surface area contributed by atoms with E-state index in [0.717, 1.165) is 12.0 Å². The molecule has 0 bridgehead atoms. The van der Waals surface area contributed by atoms with Crippen molar-refractivity contribution in [2.45, 2.75) is 46.0 Å². The quantitative estimate of drug-likeness (QED) is 0.727. The maximum Gasteiger partial charge on any atom is 0.136 e. The van der Waals surface area contributed by atoms with Crippen molar-refractivity contribution in [2.75, 3.05) is 0 Å². The predicted molar refractivity (Wildman–Crippen MR) is 64.2 cm³/mol. The Bertz CT molecular complexity index is 324. The van der Waals surface area contributed by atoms with Gasteiger partial charge in [-0.2, -0.15) is 0 Å². The first-order valence-corrected chi connectivity index (χ1v) is 5.66. The van der Waals surface area contributed by atoms with Gasteiger partial charge in [-0.25, -0.2) is 0 Å². The van der Waals surface area contributed by atoms with Gasteiger partial charge in [-0.15, -0.1) is 0 Å². The van der Waals surface area contributed by atoms with E-state index < -0.39 is 0 Å². The molecule has 0 aromatic heterocycles. The highest BCUT2D eigenvalue weighted by Gasteiger charge is 2.10. The van der Waals surface area contributed by atoms with Crippen molar-refractivity contribution >= 4 is 5.78 Å². The summed E-state index contributed by atoms with van der Waals surface area (Å²) in [5, 5.41) is 0. The van der Waals surface area contributed by atoms with Crippen molar-refractivity contribution in [3.05, 3.63) is 35.4 Å². The van der Waals surface area contributed by atoms with E-state index in [4.69, 9.17) is 0 Å². The van der Waals surface area contributed by atoms with E-state index in [1.54, 1.807) is 6.92 Å². The molecular weight excluding hydrogens is 184 g/mol. The van der Waals surface area contributed by atoms with Crippen LogP contribution in [0.3, 0.4) is 0 Å². The first-order valence-electron chi connectivity index (χ1n) is 5.66. The molecule has 15 heavy (non-hydrogen) atoms. The fourth-order valence-electron chi connectivity index (χ4n) is 1.58. The van der Waals surface area contributed by atoms with Crippen molar-refractivity contribution in [1.29, 1.82) is 0 Å². The second-order valence-corrected chi connectivity index (χ2v) is 4.31. The zero-order valence-corrected chi connectivity index (χ0v) is 10.1. The minimum Gasteiger partial charge on any atom is -0.299 e. The lowest BCUT2D eigenvalue weighted by molar-refractivity contribution is -0.118. The second-order valence-electron chi connectivity index (χ2n) is 4.31. The summed E-state index contributed by atoms with van der Waals surface area (Å²) in [4.78, 5) is 11.2. The molecule has 0 aliphatic carbocycles. The number of hydrogen-bond acceptors (Lipinski definition) is 1. The summed E-state index contributed by atoms with van der Waals surface area (Å²) in [5.74, 6) is 0.856. The largest absolute Gasteiger partial charge is 0.299 e. The van der Waals surface area contributed by atoms with Crippen LogP contribution in [-0.2, 0) is 4.79 Å². The fourth-order valence-corrected chi connectivity index (χ4v) is 1.58. The van der Waals surface area contributed by atoms with Crippen LogP contribution in [0.15, 0.2) is 24.3 Å². The van der Waals surface area contributed by atoms with E-state index in [2.05, 4.69) is 38.1 Å². The maximum absolute atomic E-state index is 11.2. The number of rotatable bonds is 4. The molecule has 1 nitrogen and oxygen atoms in total. The zero-order chi connectivity index (χ0) is 11.4. The molecule has 2 unspecified atom stereocenters. The van der Waals surface area contributed by atoms with Crippen molar-refractivity contribution in [3.8, 4) is 0 Å². The predicted octanol–water partition coefficient (Wildman–Crippen LogP) is 3.89. The normalized spacial score (nSPS) is 14.7. The number of Topliss-reactive ketones (excluding diaryl/α,β-unsaturated/α-hetero) is 1. The third kappa shape index (κ3) is 2.92. The Balaban J connectivity index is 2.85. The van der Waals surface area contributed by atoms with Gasteiger partial charge in [-0.1, -0.05) is 45.0 Å². The van der Waals surface area contributed by atoms with Crippen molar-refractivity contribution in [1.82, 2.24) is 0 Å². The topological polar surface area (TPSA) is 17.1 Å². The fraction of sp³-hybridized carbons (Fsp3) is 0.500. The Hall–Kier alpha value is -1.11. The average molecular weight is 204 g/mol. The van der Waals surface area contributed by atoms with Gasteiger partial charge in [0.2, 0.25) is 0 Å². The summed E-state index contributed by atoms with van der Waals surface area (Å²) in [7, 11) is 0. The summed E-state index contributed by atoms with van der Waals surface area (Å²) < 4.78 is 0. The second kappa shape index (κ2) is 5.11. The molecule has 1 aromatic rings. The molecule has 0 fully saturated rings. The molecule has 0 saturated carbocycles. The Kier molecular flexibility index (Phi) is 4.07. The van der Waals surface area contributed by atoms with Gasteiger partial charge in [-0.05, 0) is 30.4 Å². The lowest BCUT2D eigenvalue weighted by Gasteiger charge is -2.12. The molecule has 82 valence electrons. The number of hydrogen-bond donors (Lipinski definition) is 0. The number of benzene rings is 1. The summed E-state index contributed by atoms with van der Waals surface area (Å²) in [6, 6.07) is 8.44. The highest BCUT2D eigenvalue weighted by Crippen LogP contribution is 2.22. The van der Waals surface area contributed by atoms with Crippen molar-refractivity contribution in [3.63, 3.8) is 0 Å². The Morgan fingerprint density at radius 2 is 1.60 bits per heavy atom. The van der Waals surface area contributed by atoms with Gasteiger partial charge in [0.15, 0.2) is 0 Å². The molecule has 0 saturated heterocycles. The molecule has 0 aliphatic heterocycles. The molecule has 0 heterocycles. The molecule has 0 N–H and O–H groups in total. The lowest BCUT2D eigenvalue weighted by Crippen LogP contribution is -2.04. The van der Waals surface area contributed by atoms with Gasteiger partial charge in [-0.3, -0.25) is 4.79 Å². The lowest BCUT2D eigenvalue weighted by atomic mass is 9.93. The van der Waals surface area contributed by atoms with Crippen molar-refractivity contribution < 1.29 is 4.79 Å². The molecule has 1 rings (SSSR count). The maximum atomic E-state index is 11.2. The van der Waals surface area contributed by atoms with Crippen LogP contribution in [0.2, 0.25) is 0 Å². The van der Waals surface area contributed by atoms with Crippen LogP contribution in [0.25, 0.3) is 0 Å². The Labute approximate surface area is 92.5 Å². The molecule has 2 atom stereocenters. The summed E-state index contributed by atoms with van der Waals surface area (Å²) >= 11 is 0. The van der Waals surface area contributed by atoms with E-state index in [-0.39, 0.29) is 11.7 Å². The van der Waals surface area contributed by atoms with Crippen LogP contribution in [-0.4, -0.2) is 5.78 Å². The standard InChI is InChI=1S/C14H20O/c1-5-10(2)13-6-8-14(9-7-13)11(3)12(4)15/h6-11H,5H2,1-4H3. The van der Waals surface area contributed by atoms with Crippen molar-refractivity contribution in [2.24, 2.45) is 0 Å². The minimum atomic E-state index is 0.0241. The molecular formula is C14H20O. The van der Waals surface area contributed by atoms with E-state index in [1.165, 1.54) is 5.56 Å². The van der Waals surface area contributed by atoms with E-state index in [1.807, 2.05) is 6.92 Å². The van der Waals surface area contributed by atoms with Crippen LogP contribution >= 0.6 is 0 Å². The number of carbonyl (C=O) groups is 1. The number of carbonyl (C=O) groups excluding carboxylic acids is 1. The van der Waals surface area contributed by atoms with Gasteiger partial charge in [0, 0.05) is 5.92 Å². The summed E-state index contributed by atoms with van der Waals surface area (Å²) in [6.45, 7) is 8.02. The first-order chi connectivity index (χ1) is 7.06. The highest BCUT2D eigenvalue weighted by atomic mass is 16.1. The van der Waals surface area contributed by atoms with Gasteiger partial charge in [0.25, 0.3) is 0 Å². The highest BCUT2D eigenvalue weighted by molar-refractivity contribution is 5.82. The van der Waals surface area contributed by atoms with Crippen LogP contribution in [0.5, 0.6) is 0 Å². The van der Waals surface area contributed by atoms with E-state index in [9.17, 15) is 4.79 Å². The average Bonchev–Trinajstić information content (AvgIpc) is 2.27. The Morgan fingerprint density at radius 3 is 2.00 bits per heavy atom. The van der Waals surface area contributed by atoms with Gasteiger partial charge in [0.1, 0.15) is 5.78 Å². The molecule has 1 heteroatoms. The number of ketones is 1. The van der Waals surface area contributed by atoms with Gasteiger partial charge < -0.3 is 0 Å². The van der Waals surface area contributed by atoms with E-state index >= 15 is 0 Å². The molecule has 0 spiro atoms. The third-order valence-corrected chi connectivity index (χ3v) is 3.23. The minimum absolute atomic E-state index is 0.0241. The molecule has 0 aliphatic rings. The van der Waals surface area contributed by atoms with Gasteiger partial charge >= 0.3 is 0 Å².